The SMILES string of the molecule is CN=C(NCc1ccc(N2CCCC2=O)cc1)NCc1cnc(C)s1.I. The highest BCUT2D eigenvalue weighted by Crippen LogP contribution is 2.21. The highest BCUT2D eigenvalue weighted by atomic mass is 127. The first kappa shape index (κ1) is 20.6. The highest BCUT2D eigenvalue weighted by Gasteiger charge is 2.21. The maximum absolute atomic E-state index is 11.8. The van der Waals surface area contributed by atoms with E-state index in [4.69, 9.17) is 0 Å². The van der Waals surface area contributed by atoms with Crippen molar-refractivity contribution in [3.8, 4) is 0 Å². The molecule has 3 rings (SSSR count). The Kier molecular flexibility index (Phi) is 7.83. The van der Waals surface area contributed by atoms with E-state index in [-0.39, 0.29) is 29.9 Å². The van der Waals surface area contributed by atoms with Gasteiger partial charge < -0.3 is 15.5 Å². The lowest BCUT2D eigenvalue weighted by Gasteiger charge is -2.16. The van der Waals surface area contributed by atoms with Crippen molar-refractivity contribution in [1.29, 1.82) is 0 Å². The van der Waals surface area contributed by atoms with E-state index in [1.54, 1.807) is 18.4 Å². The quantitative estimate of drug-likeness (QED) is 0.388. The van der Waals surface area contributed by atoms with E-state index < -0.39 is 0 Å². The number of rotatable bonds is 5. The summed E-state index contributed by atoms with van der Waals surface area (Å²) in [5.41, 5.74) is 2.13. The maximum atomic E-state index is 11.8. The molecule has 1 aromatic heterocycles. The Hall–Kier alpha value is -1.68. The summed E-state index contributed by atoms with van der Waals surface area (Å²) in [4.78, 5) is 23.3. The zero-order valence-electron chi connectivity index (χ0n) is 15.0. The number of carbonyl (C=O) groups excluding carboxylic acids is 1. The molecule has 0 bridgehead atoms. The second-order valence-electron chi connectivity index (χ2n) is 5.94. The van der Waals surface area contributed by atoms with Crippen molar-refractivity contribution in [1.82, 2.24) is 15.6 Å². The third kappa shape index (κ3) is 5.41. The lowest BCUT2D eigenvalue weighted by atomic mass is 10.2. The van der Waals surface area contributed by atoms with Gasteiger partial charge in [-0.25, -0.2) is 4.98 Å². The summed E-state index contributed by atoms with van der Waals surface area (Å²) in [6, 6.07) is 8.12. The molecular formula is C18H24IN5OS. The molecule has 0 saturated carbocycles. The minimum absolute atomic E-state index is 0. The second kappa shape index (κ2) is 9.86. The Morgan fingerprint density at radius 2 is 2.00 bits per heavy atom. The predicted molar refractivity (Wildman–Crippen MR) is 117 cm³/mol. The van der Waals surface area contributed by atoms with Crippen molar-refractivity contribution in [3.05, 3.63) is 45.9 Å². The summed E-state index contributed by atoms with van der Waals surface area (Å²) in [5, 5.41) is 7.66. The number of aromatic nitrogens is 1. The first-order valence-electron chi connectivity index (χ1n) is 8.41. The van der Waals surface area contributed by atoms with Gasteiger partial charge in [0.15, 0.2) is 5.96 Å². The van der Waals surface area contributed by atoms with Crippen LogP contribution in [-0.2, 0) is 17.9 Å². The second-order valence-corrected chi connectivity index (χ2v) is 7.26. The van der Waals surface area contributed by atoms with E-state index in [0.717, 1.165) is 35.2 Å². The van der Waals surface area contributed by atoms with Crippen LogP contribution in [0.25, 0.3) is 0 Å². The Labute approximate surface area is 175 Å². The average molecular weight is 485 g/mol. The molecular weight excluding hydrogens is 461 g/mol. The van der Waals surface area contributed by atoms with Gasteiger partial charge in [-0.3, -0.25) is 9.79 Å². The summed E-state index contributed by atoms with van der Waals surface area (Å²) in [6.07, 6.45) is 3.49. The van der Waals surface area contributed by atoms with Crippen molar-refractivity contribution in [2.75, 3.05) is 18.5 Å². The first-order valence-corrected chi connectivity index (χ1v) is 9.22. The number of halogens is 1. The van der Waals surface area contributed by atoms with Crippen LogP contribution in [-0.4, -0.2) is 30.4 Å². The van der Waals surface area contributed by atoms with Crippen LogP contribution in [0.4, 0.5) is 5.69 Å². The van der Waals surface area contributed by atoms with Crippen LogP contribution in [0, 0.1) is 6.92 Å². The van der Waals surface area contributed by atoms with Gasteiger partial charge >= 0.3 is 0 Å². The lowest BCUT2D eigenvalue weighted by Crippen LogP contribution is -2.36. The normalized spacial score (nSPS) is 14.3. The fourth-order valence-corrected chi connectivity index (χ4v) is 3.51. The fraction of sp³-hybridized carbons (Fsp3) is 0.389. The first-order chi connectivity index (χ1) is 12.2. The molecule has 1 aliphatic rings. The van der Waals surface area contributed by atoms with Gasteiger partial charge in [-0.2, -0.15) is 0 Å². The number of carbonyl (C=O) groups is 1. The topological polar surface area (TPSA) is 69.6 Å². The molecule has 140 valence electrons. The van der Waals surface area contributed by atoms with Crippen molar-refractivity contribution < 1.29 is 4.79 Å². The van der Waals surface area contributed by atoms with Crippen LogP contribution in [0.1, 0.15) is 28.3 Å². The minimum Gasteiger partial charge on any atom is -0.352 e. The van der Waals surface area contributed by atoms with Crippen LogP contribution in [0.5, 0.6) is 0 Å². The van der Waals surface area contributed by atoms with Gasteiger partial charge in [-0.1, -0.05) is 12.1 Å². The molecule has 1 fully saturated rings. The largest absolute Gasteiger partial charge is 0.352 e. The van der Waals surface area contributed by atoms with Crippen molar-refractivity contribution in [2.45, 2.75) is 32.9 Å². The summed E-state index contributed by atoms with van der Waals surface area (Å²) >= 11 is 1.68. The Bertz CT molecular complexity index is 759. The van der Waals surface area contributed by atoms with E-state index in [9.17, 15) is 4.79 Å². The highest BCUT2D eigenvalue weighted by molar-refractivity contribution is 14.0. The van der Waals surface area contributed by atoms with E-state index in [1.807, 2.05) is 42.3 Å². The van der Waals surface area contributed by atoms with Crippen LogP contribution >= 0.6 is 35.3 Å². The number of nitrogens with zero attached hydrogens (tertiary/aromatic N) is 3. The molecule has 0 aliphatic carbocycles. The van der Waals surface area contributed by atoms with Crippen molar-refractivity contribution in [2.24, 2.45) is 4.99 Å². The molecule has 0 atom stereocenters. The standard InChI is InChI=1S/C18H23N5OS.HI/c1-13-20-11-16(25-13)12-22-18(19-2)21-10-14-5-7-15(8-6-14)23-9-3-4-17(23)24;/h5-8,11H,3-4,9-10,12H2,1-2H3,(H2,19,21,22);1H. The Morgan fingerprint density at radius 3 is 2.58 bits per heavy atom. The molecule has 6 nitrogen and oxygen atoms in total. The molecule has 2 heterocycles. The van der Waals surface area contributed by atoms with Gasteiger partial charge in [0.25, 0.3) is 0 Å². The number of benzene rings is 1. The number of amides is 1. The zero-order chi connectivity index (χ0) is 17.6. The van der Waals surface area contributed by atoms with Gasteiger partial charge in [-0.05, 0) is 31.0 Å². The predicted octanol–water partition coefficient (Wildman–Crippen LogP) is 3.06. The Balaban J connectivity index is 0.00000243. The third-order valence-corrected chi connectivity index (χ3v) is 5.02. The Morgan fingerprint density at radius 1 is 1.27 bits per heavy atom. The number of thiazole rings is 1. The zero-order valence-corrected chi connectivity index (χ0v) is 18.1. The van der Waals surface area contributed by atoms with Gasteiger partial charge in [-0.15, -0.1) is 35.3 Å². The van der Waals surface area contributed by atoms with Gasteiger partial charge in [0.05, 0.1) is 11.6 Å². The number of guanidine groups is 1. The molecule has 0 unspecified atom stereocenters. The number of aryl methyl sites for hydroxylation is 1. The van der Waals surface area contributed by atoms with E-state index >= 15 is 0 Å². The van der Waals surface area contributed by atoms with Gasteiger partial charge in [0, 0.05) is 43.3 Å². The van der Waals surface area contributed by atoms with E-state index in [0.29, 0.717) is 19.5 Å². The molecule has 0 spiro atoms. The van der Waals surface area contributed by atoms with E-state index in [2.05, 4.69) is 20.6 Å². The summed E-state index contributed by atoms with van der Waals surface area (Å²) < 4.78 is 0. The molecule has 1 aromatic carbocycles. The van der Waals surface area contributed by atoms with Crippen LogP contribution in [0.2, 0.25) is 0 Å². The fourth-order valence-electron chi connectivity index (χ4n) is 2.78. The molecule has 26 heavy (non-hydrogen) atoms. The molecule has 2 N–H and O–H groups in total. The summed E-state index contributed by atoms with van der Waals surface area (Å²) in [5.74, 6) is 0.971. The van der Waals surface area contributed by atoms with Crippen molar-refractivity contribution >= 4 is 52.9 Å². The number of nitrogens with one attached hydrogen (secondary N) is 2. The van der Waals surface area contributed by atoms with Crippen LogP contribution < -0.4 is 15.5 Å². The van der Waals surface area contributed by atoms with Gasteiger partial charge in [0.1, 0.15) is 0 Å². The number of hydrogen-bond donors (Lipinski definition) is 2. The number of aliphatic imine (C=N–C) groups is 1. The molecule has 1 aliphatic heterocycles. The molecule has 8 heteroatoms. The third-order valence-electron chi connectivity index (χ3n) is 4.10. The minimum atomic E-state index is 0. The number of anilines is 1. The molecule has 0 radical (unpaired) electrons. The number of hydrogen-bond acceptors (Lipinski definition) is 4. The average Bonchev–Trinajstić information content (AvgIpc) is 3.24. The van der Waals surface area contributed by atoms with Gasteiger partial charge in [0.2, 0.25) is 5.91 Å². The van der Waals surface area contributed by atoms with E-state index in [1.165, 1.54) is 4.88 Å². The van der Waals surface area contributed by atoms with Crippen LogP contribution in [0.3, 0.4) is 0 Å². The smallest absolute Gasteiger partial charge is 0.227 e. The molecule has 1 saturated heterocycles. The molecule has 1 amide bonds. The summed E-state index contributed by atoms with van der Waals surface area (Å²) in [7, 11) is 1.76. The maximum Gasteiger partial charge on any atom is 0.227 e. The molecule has 2 aromatic rings. The monoisotopic (exact) mass is 485 g/mol. The van der Waals surface area contributed by atoms with Crippen molar-refractivity contribution in [3.63, 3.8) is 0 Å². The summed E-state index contributed by atoms with van der Waals surface area (Å²) in [6.45, 7) is 4.21. The van der Waals surface area contributed by atoms with Crippen LogP contribution in [0.15, 0.2) is 35.5 Å². The lowest BCUT2D eigenvalue weighted by molar-refractivity contribution is -0.117.